The second-order valence-corrected chi connectivity index (χ2v) is 8.55. The molecule has 5 nitrogen and oxygen atoms in total. The number of carbonyl (C=O) groups is 1. The Bertz CT molecular complexity index is 992. The molecule has 0 amide bonds. The molecule has 0 spiro atoms. The van der Waals surface area contributed by atoms with Gasteiger partial charge in [0.05, 0.1) is 40.4 Å². The van der Waals surface area contributed by atoms with Crippen LogP contribution in [0.1, 0.15) is 36.0 Å². The third kappa shape index (κ3) is 6.97. The highest BCUT2D eigenvalue weighted by Crippen LogP contribution is 2.22. The molecular formula is C25H33IN2O3. The number of nitrogens with zero attached hydrogens (tertiary/aromatic N) is 2. The van der Waals surface area contributed by atoms with Gasteiger partial charge in [-0.3, -0.25) is 4.48 Å². The summed E-state index contributed by atoms with van der Waals surface area (Å²) in [4.78, 5) is 12.3. The van der Waals surface area contributed by atoms with Crippen molar-refractivity contribution < 1.29 is 38.2 Å². The molecule has 0 saturated heterocycles. The maximum atomic E-state index is 12.3. The number of quaternary nitrogens is 1. The monoisotopic (exact) mass is 536 g/mol. The molecule has 3 aromatic rings. The van der Waals surface area contributed by atoms with E-state index >= 15 is 0 Å². The molecule has 6 heteroatoms. The average molecular weight is 536 g/mol. The highest BCUT2D eigenvalue weighted by Gasteiger charge is 2.15. The van der Waals surface area contributed by atoms with E-state index in [1.165, 1.54) is 10.9 Å². The van der Waals surface area contributed by atoms with Crippen LogP contribution in [-0.4, -0.2) is 45.4 Å². The van der Waals surface area contributed by atoms with Crippen LogP contribution in [0.2, 0.25) is 0 Å². The first-order valence-corrected chi connectivity index (χ1v) is 10.6. The first kappa shape index (κ1) is 25.2. The molecule has 1 heterocycles. The lowest BCUT2D eigenvalue weighted by Gasteiger charge is -2.23. The molecule has 1 aromatic heterocycles. The topological polar surface area (TPSA) is 40.5 Å². The van der Waals surface area contributed by atoms with Gasteiger partial charge in [0, 0.05) is 29.7 Å². The van der Waals surface area contributed by atoms with Crippen molar-refractivity contribution in [2.45, 2.75) is 32.2 Å². The molecule has 31 heavy (non-hydrogen) atoms. The summed E-state index contributed by atoms with van der Waals surface area (Å²) in [6.45, 7) is 1.47. The zero-order chi connectivity index (χ0) is 21.6. The van der Waals surface area contributed by atoms with Crippen LogP contribution >= 0.6 is 0 Å². The van der Waals surface area contributed by atoms with Crippen LogP contribution in [0, 0.1) is 0 Å². The number of hydrogen-bond donors (Lipinski definition) is 0. The van der Waals surface area contributed by atoms with E-state index in [4.69, 9.17) is 9.47 Å². The van der Waals surface area contributed by atoms with Crippen LogP contribution in [0.3, 0.4) is 0 Å². The van der Waals surface area contributed by atoms with Crippen molar-refractivity contribution in [1.29, 1.82) is 0 Å². The number of halogens is 1. The van der Waals surface area contributed by atoms with E-state index in [-0.39, 0.29) is 29.9 Å². The molecule has 2 aromatic carbocycles. The minimum atomic E-state index is -0.237. The Kier molecular flexibility index (Phi) is 9.37. The maximum Gasteiger partial charge on any atom is 0.338 e. The van der Waals surface area contributed by atoms with E-state index in [1.807, 2.05) is 30.3 Å². The zero-order valence-corrected chi connectivity index (χ0v) is 21.1. The summed E-state index contributed by atoms with van der Waals surface area (Å²) in [6, 6.07) is 16.0. The predicted octanol–water partition coefficient (Wildman–Crippen LogP) is 2.27. The SMILES string of the molecule is COc1ccc2c(ccn2CCCCCCOC(=O)c2cccc([N+](C)(C)C)c2)c1.[I-]. The molecule has 0 radical (unpaired) electrons. The molecule has 0 saturated carbocycles. The minimum Gasteiger partial charge on any atom is -1.00 e. The molecule has 0 fully saturated rings. The molecule has 3 rings (SSSR count). The van der Waals surface area contributed by atoms with Crippen LogP contribution in [0.25, 0.3) is 10.9 Å². The second kappa shape index (κ2) is 11.5. The number of aryl methyl sites for hydroxylation is 1. The van der Waals surface area contributed by atoms with Crippen LogP contribution in [0.5, 0.6) is 5.75 Å². The number of unbranched alkanes of at least 4 members (excludes halogenated alkanes) is 3. The van der Waals surface area contributed by atoms with E-state index in [1.54, 1.807) is 7.11 Å². The number of fused-ring (bicyclic) bond motifs is 1. The van der Waals surface area contributed by atoms with Gasteiger partial charge in [0.1, 0.15) is 11.4 Å². The summed E-state index contributed by atoms with van der Waals surface area (Å²) in [5, 5.41) is 1.20. The number of carbonyl (C=O) groups excluding carboxylic acids is 1. The lowest BCUT2D eigenvalue weighted by Crippen LogP contribution is -3.00. The highest BCUT2D eigenvalue weighted by molar-refractivity contribution is 5.90. The summed E-state index contributed by atoms with van der Waals surface area (Å²) in [5.41, 5.74) is 2.94. The van der Waals surface area contributed by atoms with E-state index in [0.717, 1.165) is 43.7 Å². The lowest BCUT2D eigenvalue weighted by molar-refractivity contribution is -0.0000250. The first-order valence-electron chi connectivity index (χ1n) is 10.6. The highest BCUT2D eigenvalue weighted by atomic mass is 127. The largest absolute Gasteiger partial charge is 1.00 e. The Morgan fingerprint density at radius 1 is 0.968 bits per heavy atom. The molecular weight excluding hydrogens is 503 g/mol. The normalized spacial score (nSPS) is 11.2. The maximum absolute atomic E-state index is 12.3. The van der Waals surface area contributed by atoms with Crippen molar-refractivity contribution in [3.63, 3.8) is 0 Å². The van der Waals surface area contributed by atoms with Crippen molar-refractivity contribution in [3.8, 4) is 5.75 Å². The average Bonchev–Trinajstić information content (AvgIpc) is 3.14. The number of esters is 1. The fraction of sp³-hybridized carbons (Fsp3) is 0.400. The number of aromatic nitrogens is 1. The summed E-state index contributed by atoms with van der Waals surface area (Å²) in [7, 11) is 7.94. The van der Waals surface area contributed by atoms with Crippen molar-refractivity contribution in [2.24, 2.45) is 0 Å². The molecule has 0 N–H and O–H groups in total. The third-order valence-corrected chi connectivity index (χ3v) is 5.36. The molecule has 0 aliphatic rings. The van der Waals surface area contributed by atoms with Crippen molar-refractivity contribution in [2.75, 3.05) is 34.9 Å². The van der Waals surface area contributed by atoms with Gasteiger partial charge in [-0.2, -0.15) is 0 Å². The van der Waals surface area contributed by atoms with Gasteiger partial charge in [0.25, 0.3) is 0 Å². The standard InChI is InChI=1S/C25H33N2O3.HI/c1-27(2,3)22-11-9-10-21(18-22)25(28)30-17-8-6-5-7-15-26-16-14-20-19-23(29-4)12-13-24(20)26;/h9-14,16,18-19H,5-8,15,17H2,1-4H3;1H/q+1;/p-1. The molecule has 0 unspecified atom stereocenters. The van der Waals surface area contributed by atoms with Gasteiger partial charge in [-0.05, 0) is 55.7 Å². The Labute approximate surface area is 202 Å². The second-order valence-electron chi connectivity index (χ2n) is 8.55. The smallest absolute Gasteiger partial charge is 0.338 e. The molecule has 0 aliphatic heterocycles. The van der Waals surface area contributed by atoms with Crippen molar-refractivity contribution in [3.05, 3.63) is 60.3 Å². The molecule has 0 atom stereocenters. The van der Waals surface area contributed by atoms with E-state index in [2.05, 4.69) is 50.1 Å². The van der Waals surface area contributed by atoms with Crippen LogP contribution in [-0.2, 0) is 11.3 Å². The Balaban J connectivity index is 0.00000341. The van der Waals surface area contributed by atoms with Gasteiger partial charge in [-0.25, -0.2) is 4.79 Å². The number of benzene rings is 2. The Morgan fingerprint density at radius 3 is 2.48 bits per heavy atom. The zero-order valence-electron chi connectivity index (χ0n) is 18.9. The summed E-state index contributed by atoms with van der Waals surface area (Å²) in [6.07, 6.45) is 6.31. The quantitative estimate of drug-likeness (QED) is 0.173. The summed E-state index contributed by atoms with van der Waals surface area (Å²) < 4.78 is 13.7. The van der Waals surface area contributed by atoms with E-state index in [0.29, 0.717) is 16.7 Å². The molecule has 168 valence electrons. The minimum absolute atomic E-state index is 0. The van der Waals surface area contributed by atoms with Gasteiger partial charge in [0.2, 0.25) is 0 Å². The molecule has 0 aliphatic carbocycles. The van der Waals surface area contributed by atoms with Gasteiger partial charge >= 0.3 is 5.97 Å². The van der Waals surface area contributed by atoms with Gasteiger partial charge in [0.15, 0.2) is 0 Å². The Hall–Kier alpha value is -2.06. The Morgan fingerprint density at radius 2 is 1.74 bits per heavy atom. The number of methoxy groups -OCH3 is 1. The van der Waals surface area contributed by atoms with Crippen LogP contribution in [0.4, 0.5) is 5.69 Å². The van der Waals surface area contributed by atoms with Gasteiger partial charge < -0.3 is 38.0 Å². The fourth-order valence-corrected chi connectivity index (χ4v) is 3.54. The number of rotatable bonds is 10. The van der Waals surface area contributed by atoms with Gasteiger partial charge in [-0.1, -0.05) is 12.5 Å². The summed E-state index contributed by atoms with van der Waals surface area (Å²) in [5.74, 6) is 0.651. The van der Waals surface area contributed by atoms with E-state index < -0.39 is 0 Å². The van der Waals surface area contributed by atoms with E-state index in [9.17, 15) is 4.79 Å². The number of ether oxygens (including phenoxy) is 2. The number of hydrogen-bond acceptors (Lipinski definition) is 3. The third-order valence-electron chi connectivity index (χ3n) is 5.36. The predicted molar refractivity (Wildman–Crippen MR) is 123 cm³/mol. The lowest BCUT2D eigenvalue weighted by atomic mass is 10.1. The first-order chi connectivity index (χ1) is 14.4. The van der Waals surface area contributed by atoms with Crippen LogP contribution in [0.15, 0.2) is 54.7 Å². The molecule has 0 bridgehead atoms. The van der Waals surface area contributed by atoms with Crippen molar-refractivity contribution in [1.82, 2.24) is 9.05 Å². The van der Waals surface area contributed by atoms with Gasteiger partial charge in [-0.15, -0.1) is 0 Å². The summed E-state index contributed by atoms with van der Waals surface area (Å²) >= 11 is 0. The fourth-order valence-electron chi connectivity index (χ4n) is 3.54. The van der Waals surface area contributed by atoms with Crippen molar-refractivity contribution >= 4 is 22.6 Å². The van der Waals surface area contributed by atoms with Crippen LogP contribution < -0.4 is 33.2 Å².